The molecular formula is C13H12ClN3S. The van der Waals surface area contributed by atoms with Crippen LogP contribution in [0, 0.1) is 0 Å². The smallest absolute Gasteiger partial charge is 0.0931 e. The van der Waals surface area contributed by atoms with Crippen molar-refractivity contribution in [2.45, 2.75) is 6.04 Å². The molecule has 5 heteroatoms. The first-order valence-electron chi connectivity index (χ1n) is 5.59. The van der Waals surface area contributed by atoms with Crippen molar-refractivity contribution in [1.82, 2.24) is 9.78 Å². The van der Waals surface area contributed by atoms with Crippen LogP contribution in [-0.4, -0.2) is 9.78 Å². The highest BCUT2D eigenvalue weighted by atomic mass is 35.5. The molecule has 3 nitrogen and oxygen atoms in total. The summed E-state index contributed by atoms with van der Waals surface area (Å²) in [5, 5.41) is 5.63. The van der Waals surface area contributed by atoms with E-state index in [0.29, 0.717) is 0 Å². The molecule has 18 heavy (non-hydrogen) atoms. The van der Waals surface area contributed by atoms with Crippen molar-refractivity contribution < 1.29 is 0 Å². The van der Waals surface area contributed by atoms with E-state index in [1.165, 1.54) is 11.3 Å². The summed E-state index contributed by atoms with van der Waals surface area (Å²) in [5.74, 6) is 0. The predicted molar refractivity (Wildman–Crippen MR) is 76.1 cm³/mol. The van der Waals surface area contributed by atoms with Gasteiger partial charge in [-0.15, -0.1) is 11.3 Å². The summed E-state index contributed by atoms with van der Waals surface area (Å²) < 4.78 is 2.61. The van der Waals surface area contributed by atoms with Crippen molar-refractivity contribution >= 4 is 33.8 Å². The second-order valence-electron chi connectivity index (χ2n) is 4.15. The number of nitrogens with two attached hydrogens (primary N) is 1. The van der Waals surface area contributed by atoms with Gasteiger partial charge in [-0.2, -0.15) is 5.10 Å². The lowest BCUT2D eigenvalue weighted by Gasteiger charge is -2.06. The Bertz CT molecular complexity index is 701. The highest BCUT2D eigenvalue weighted by Crippen LogP contribution is 2.32. The van der Waals surface area contributed by atoms with Gasteiger partial charge in [-0.1, -0.05) is 29.8 Å². The number of halogens is 1. The normalized spacial score (nSPS) is 13.1. The van der Waals surface area contributed by atoms with Crippen molar-refractivity contribution in [3.8, 4) is 0 Å². The molecule has 0 aliphatic heterocycles. The number of hydrogen-bond acceptors (Lipinski definition) is 3. The number of aryl methyl sites for hydroxylation is 1. The molecule has 2 heterocycles. The molecule has 1 atom stereocenters. The van der Waals surface area contributed by atoms with Gasteiger partial charge in [0.15, 0.2) is 0 Å². The van der Waals surface area contributed by atoms with Crippen LogP contribution in [0.2, 0.25) is 4.34 Å². The third-order valence-electron chi connectivity index (χ3n) is 2.98. The molecule has 1 aromatic carbocycles. The third kappa shape index (κ3) is 1.82. The zero-order valence-corrected chi connectivity index (χ0v) is 11.4. The van der Waals surface area contributed by atoms with Gasteiger partial charge in [-0.3, -0.25) is 4.68 Å². The Hall–Kier alpha value is -1.36. The zero-order chi connectivity index (χ0) is 12.7. The molecule has 0 amide bonds. The van der Waals surface area contributed by atoms with Crippen molar-refractivity contribution in [2.24, 2.45) is 12.8 Å². The number of nitrogens with zero attached hydrogens (tertiary/aromatic N) is 2. The van der Waals surface area contributed by atoms with Crippen LogP contribution in [0.4, 0.5) is 0 Å². The number of fused-ring (bicyclic) bond motifs is 1. The van der Waals surface area contributed by atoms with E-state index in [0.717, 1.165) is 25.8 Å². The van der Waals surface area contributed by atoms with Crippen LogP contribution in [0.5, 0.6) is 0 Å². The van der Waals surface area contributed by atoms with E-state index in [1.807, 2.05) is 48.1 Å². The molecule has 0 radical (unpaired) electrons. The topological polar surface area (TPSA) is 43.8 Å². The number of rotatable bonds is 2. The van der Waals surface area contributed by atoms with Crippen LogP contribution >= 0.6 is 22.9 Å². The van der Waals surface area contributed by atoms with Crippen LogP contribution < -0.4 is 5.73 Å². The summed E-state index contributed by atoms with van der Waals surface area (Å²) in [6.45, 7) is 0. The molecule has 0 fully saturated rings. The van der Waals surface area contributed by atoms with Gasteiger partial charge < -0.3 is 5.73 Å². The zero-order valence-electron chi connectivity index (χ0n) is 9.80. The largest absolute Gasteiger partial charge is 0.318 e. The summed E-state index contributed by atoms with van der Waals surface area (Å²) >= 11 is 7.45. The Kier molecular flexibility index (Phi) is 2.86. The van der Waals surface area contributed by atoms with Crippen molar-refractivity contribution in [3.05, 3.63) is 51.3 Å². The number of para-hydroxylation sites is 1. The number of benzene rings is 1. The Morgan fingerprint density at radius 2 is 2.06 bits per heavy atom. The SMILES string of the molecule is Cn1nc(C(N)c2ccc(Cl)s2)c2ccccc21. The lowest BCUT2D eigenvalue weighted by atomic mass is 10.1. The van der Waals surface area contributed by atoms with E-state index in [4.69, 9.17) is 17.3 Å². The van der Waals surface area contributed by atoms with E-state index < -0.39 is 0 Å². The van der Waals surface area contributed by atoms with Crippen LogP contribution in [0.1, 0.15) is 16.6 Å². The Labute approximate surface area is 114 Å². The maximum atomic E-state index is 6.28. The Balaban J connectivity index is 2.14. The second-order valence-corrected chi connectivity index (χ2v) is 5.89. The van der Waals surface area contributed by atoms with E-state index in [9.17, 15) is 0 Å². The molecular weight excluding hydrogens is 266 g/mol. The molecule has 3 aromatic rings. The summed E-state index contributed by atoms with van der Waals surface area (Å²) in [4.78, 5) is 1.03. The first-order chi connectivity index (χ1) is 8.66. The molecule has 2 aromatic heterocycles. The molecule has 0 saturated heterocycles. The fraction of sp³-hybridized carbons (Fsp3) is 0.154. The standard InChI is InChI=1S/C13H12ClN3S/c1-17-9-5-3-2-4-8(9)13(16-17)12(15)10-6-7-11(14)18-10/h2-7,12H,15H2,1H3. The lowest BCUT2D eigenvalue weighted by Crippen LogP contribution is -2.11. The number of aromatic nitrogens is 2. The quantitative estimate of drug-likeness (QED) is 0.781. The monoisotopic (exact) mass is 277 g/mol. The van der Waals surface area contributed by atoms with E-state index in [-0.39, 0.29) is 6.04 Å². The van der Waals surface area contributed by atoms with Crippen molar-refractivity contribution in [2.75, 3.05) is 0 Å². The van der Waals surface area contributed by atoms with Crippen LogP contribution in [-0.2, 0) is 7.05 Å². The fourth-order valence-corrected chi connectivity index (χ4v) is 3.17. The van der Waals surface area contributed by atoms with E-state index >= 15 is 0 Å². The Morgan fingerprint density at radius 1 is 1.28 bits per heavy atom. The fourth-order valence-electron chi connectivity index (χ4n) is 2.10. The maximum absolute atomic E-state index is 6.28. The molecule has 0 bridgehead atoms. The summed E-state index contributed by atoms with van der Waals surface area (Å²) in [6, 6.07) is 11.7. The molecule has 92 valence electrons. The van der Waals surface area contributed by atoms with Gasteiger partial charge in [0, 0.05) is 17.3 Å². The first-order valence-corrected chi connectivity index (χ1v) is 6.78. The highest BCUT2D eigenvalue weighted by Gasteiger charge is 2.18. The average molecular weight is 278 g/mol. The molecule has 0 spiro atoms. The summed E-state index contributed by atoms with van der Waals surface area (Å²) in [7, 11) is 1.93. The molecule has 2 N–H and O–H groups in total. The van der Waals surface area contributed by atoms with E-state index in [1.54, 1.807) is 0 Å². The van der Waals surface area contributed by atoms with Crippen molar-refractivity contribution in [3.63, 3.8) is 0 Å². The van der Waals surface area contributed by atoms with Gasteiger partial charge >= 0.3 is 0 Å². The Morgan fingerprint density at radius 3 is 2.78 bits per heavy atom. The predicted octanol–water partition coefficient (Wildman–Crippen LogP) is 3.34. The van der Waals surface area contributed by atoms with Gasteiger partial charge in [0.2, 0.25) is 0 Å². The minimum atomic E-state index is -0.228. The second kappa shape index (κ2) is 4.39. The average Bonchev–Trinajstić information content (AvgIpc) is 2.94. The number of thiophene rings is 1. The molecule has 3 rings (SSSR count). The lowest BCUT2D eigenvalue weighted by molar-refractivity contribution is 0.737. The minimum absolute atomic E-state index is 0.228. The van der Waals surface area contributed by atoms with Gasteiger partial charge in [0.25, 0.3) is 0 Å². The molecule has 0 saturated carbocycles. The van der Waals surface area contributed by atoms with Gasteiger partial charge in [0.1, 0.15) is 0 Å². The number of hydrogen-bond donors (Lipinski definition) is 1. The maximum Gasteiger partial charge on any atom is 0.0931 e. The highest BCUT2D eigenvalue weighted by molar-refractivity contribution is 7.16. The first kappa shape index (κ1) is 11.7. The van der Waals surface area contributed by atoms with E-state index in [2.05, 4.69) is 5.10 Å². The molecule has 0 aliphatic rings. The third-order valence-corrected chi connectivity index (χ3v) is 4.30. The summed E-state index contributed by atoms with van der Waals surface area (Å²) in [5.41, 5.74) is 8.27. The minimum Gasteiger partial charge on any atom is -0.318 e. The molecule has 1 unspecified atom stereocenters. The van der Waals surface area contributed by atoms with Crippen LogP contribution in [0.15, 0.2) is 36.4 Å². The van der Waals surface area contributed by atoms with Gasteiger partial charge in [-0.05, 0) is 18.2 Å². The van der Waals surface area contributed by atoms with Gasteiger partial charge in [0.05, 0.1) is 21.6 Å². The van der Waals surface area contributed by atoms with Crippen LogP contribution in [0.3, 0.4) is 0 Å². The molecule has 0 aliphatic carbocycles. The summed E-state index contributed by atoms with van der Waals surface area (Å²) in [6.07, 6.45) is 0. The van der Waals surface area contributed by atoms with Gasteiger partial charge in [-0.25, -0.2) is 0 Å². The van der Waals surface area contributed by atoms with Crippen molar-refractivity contribution in [1.29, 1.82) is 0 Å². The van der Waals surface area contributed by atoms with Crippen LogP contribution in [0.25, 0.3) is 10.9 Å².